The zero-order valence-electron chi connectivity index (χ0n) is 17.3. The number of nitrogens with one attached hydrogen (secondary N) is 1. The fourth-order valence-electron chi connectivity index (χ4n) is 3.73. The third-order valence-electron chi connectivity index (χ3n) is 5.56. The molecule has 0 bridgehead atoms. The van der Waals surface area contributed by atoms with Crippen LogP contribution in [0.1, 0.15) is 63.9 Å². The van der Waals surface area contributed by atoms with E-state index in [1.54, 1.807) is 0 Å². The van der Waals surface area contributed by atoms with Gasteiger partial charge in [0.15, 0.2) is 0 Å². The van der Waals surface area contributed by atoms with Gasteiger partial charge in [0.05, 0.1) is 13.2 Å². The monoisotopic (exact) mass is 381 g/mol. The van der Waals surface area contributed by atoms with Crippen molar-refractivity contribution in [3.05, 3.63) is 54.1 Å². The van der Waals surface area contributed by atoms with Crippen molar-refractivity contribution in [2.75, 3.05) is 18.5 Å². The van der Waals surface area contributed by atoms with Crippen molar-refractivity contribution in [2.24, 2.45) is 5.92 Å². The Labute approximate surface area is 170 Å². The van der Waals surface area contributed by atoms with E-state index in [1.807, 2.05) is 0 Å². The molecule has 1 N–H and O–H groups in total. The first kappa shape index (κ1) is 20.6. The number of benzene rings is 2. The maximum Gasteiger partial charge on any atom is 0.119 e. The van der Waals surface area contributed by atoms with Crippen LogP contribution in [-0.4, -0.2) is 13.2 Å². The summed E-state index contributed by atoms with van der Waals surface area (Å²) in [4.78, 5) is 0. The Balaban J connectivity index is 1.36. The largest absolute Gasteiger partial charge is 0.494 e. The van der Waals surface area contributed by atoms with Crippen LogP contribution in [0.4, 0.5) is 5.69 Å². The fraction of sp³-hybridized carbons (Fsp3) is 0.520. The Bertz CT molecular complexity index is 660. The summed E-state index contributed by atoms with van der Waals surface area (Å²) in [6, 6.07) is 16.7. The standard InChI is InChI=1S/C25H35NO2/c1-2-3-18-27-24-13-9-22(10-14-24)20-26-23-11-15-25(16-12-23)28-19-17-21-7-5-4-6-8-21/h9-16,21,26H,2-8,17-20H2,1H3. The van der Waals surface area contributed by atoms with E-state index in [0.717, 1.165) is 55.7 Å². The highest BCUT2D eigenvalue weighted by Gasteiger charge is 2.13. The molecule has 1 aliphatic rings. The maximum atomic E-state index is 5.94. The van der Waals surface area contributed by atoms with Gasteiger partial charge in [0, 0.05) is 12.2 Å². The first-order valence-corrected chi connectivity index (χ1v) is 11.0. The number of anilines is 1. The summed E-state index contributed by atoms with van der Waals surface area (Å²) >= 11 is 0. The van der Waals surface area contributed by atoms with Gasteiger partial charge in [-0.2, -0.15) is 0 Å². The van der Waals surface area contributed by atoms with Crippen LogP contribution in [0.2, 0.25) is 0 Å². The Hall–Kier alpha value is -2.16. The number of ether oxygens (including phenoxy) is 2. The van der Waals surface area contributed by atoms with E-state index in [0.29, 0.717) is 0 Å². The van der Waals surface area contributed by atoms with Crippen LogP contribution in [0.3, 0.4) is 0 Å². The molecule has 3 rings (SSSR count). The van der Waals surface area contributed by atoms with Gasteiger partial charge in [0.2, 0.25) is 0 Å². The highest BCUT2D eigenvalue weighted by Crippen LogP contribution is 2.26. The minimum atomic E-state index is 0.795. The number of hydrogen-bond donors (Lipinski definition) is 1. The average Bonchev–Trinajstić information content (AvgIpc) is 2.75. The molecule has 28 heavy (non-hydrogen) atoms. The lowest BCUT2D eigenvalue weighted by Gasteiger charge is -2.21. The fourth-order valence-corrected chi connectivity index (χ4v) is 3.73. The minimum absolute atomic E-state index is 0.795. The average molecular weight is 382 g/mol. The van der Waals surface area contributed by atoms with Gasteiger partial charge in [-0.15, -0.1) is 0 Å². The first-order chi connectivity index (χ1) is 13.8. The van der Waals surface area contributed by atoms with Crippen LogP contribution >= 0.6 is 0 Å². The molecule has 1 saturated carbocycles. The van der Waals surface area contributed by atoms with E-state index in [1.165, 1.54) is 44.1 Å². The van der Waals surface area contributed by atoms with Gasteiger partial charge in [-0.1, -0.05) is 57.6 Å². The third kappa shape index (κ3) is 7.10. The van der Waals surface area contributed by atoms with Crippen LogP contribution in [0.5, 0.6) is 11.5 Å². The van der Waals surface area contributed by atoms with Crippen molar-refractivity contribution in [1.29, 1.82) is 0 Å². The van der Waals surface area contributed by atoms with E-state index in [2.05, 4.69) is 60.8 Å². The van der Waals surface area contributed by atoms with E-state index in [9.17, 15) is 0 Å². The maximum absolute atomic E-state index is 5.94. The SMILES string of the molecule is CCCCOc1ccc(CNc2ccc(OCCC3CCCCC3)cc2)cc1. The molecule has 2 aromatic carbocycles. The predicted molar refractivity (Wildman–Crippen MR) is 117 cm³/mol. The quantitative estimate of drug-likeness (QED) is 0.433. The van der Waals surface area contributed by atoms with Crippen LogP contribution in [0.25, 0.3) is 0 Å². The zero-order valence-corrected chi connectivity index (χ0v) is 17.3. The van der Waals surface area contributed by atoms with Gasteiger partial charge < -0.3 is 14.8 Å². The molecule has 1 fully saturated rings. The summed E-state index contributed by atoms with van der Waals surface area (Å²) in [6.07, 6.45) is 10.5. The topological polar surface area (TPSA) is 30.5 Å². The van der Waals surface area contributed by atoms with Crippen molar-refractivity contribution >= 4 is 5.69 Å². The normalized spacial score (nSPS) is 14.6. The predicted octanol–water partition coefficient (Wildman–Crippen LogP) is 6.83. The molecular formula is C25H35NO2. The molecule has 3 nitrogen and oxygen atoms in total. The molecule has 0 aromatic heterocycles. The lowest BCUT2D eigenvalue weighted by molar-refractivity contribution is 0.246. The zero-order chi connectivity index (χ0) is 19.4. The number of hydrogen-bond acceptors (Lipinski definition) is 3. The van der Waals surface area contributed by atoms with Gasteiger partial charge in [-0.25, -0.2) is 0 Å². The van der Waals surface area contributed by atoms with Crippen LogP contribution in [0.15, 0.2) is 48.5 Å². The van der Waals surface area contributed by atoms with E-state index >= 15 is 0 Å². The van der Waals surface area contributed by atoms with Crippen LogP contribution in [-0.2, 0) is 6.54 Å². The van der Waals surface area contributed by atoms with Crippen molar-refractivity contribution in [3.8, 4) is 11.5 Å². The van der Waals surface area contributed by atoms with Gasteiger partial charge in [-0.05, 0) is 60.7 Å². The highest BCUT2D eigenvalue weighted by atomic mass is 16.5. The van der Waals surface area contributed by atoms with E-state index < -0.39 is 0 Å². The Morgan fingerprint density at radius 2 is 1.46 bits per heavy atom. The second-order valence-electron chi connectivity index (χ2n) is 7.87. The van der Waals surface area contributed by atoms with E-state index in [-0.39, 0.29) is 0 Å². The van der Waals surface area contributed by atoms with Gasteiger partial charge >= 0.3 is 0 Å². The van der Waals surface area contributed by atoms with Gasteiger partial charge in [0.1, 0.15) is 11.5 Å². The molecule has 0 spiro atoms. The Morgan fingerprint density at radius 1 is 0.821 bits per heavy atom. The lowest BCUT2D eigenvalue weighted by Crippen LogP contribution is -2.10. The minimum Gasteiger partial charge on any atom is -0.494 e. The summed E-state index contributed by atoms with van der Waals surface area (Å²) in [5, 5.41) is 3.47. The van der Waals surface area contributed by atoms with Gasteiger partial charge in [-0.3, -0.25) is 0 Å². The number of unbranched alkanes of at least 4 members (excludes halogenated alkanes) is 1. The Kier molecular flexibility index (Phi) is 8.54. The molecule has 0 unspecified atom stereocenters. The highest BCUT2D eigenvalue weighted by molar-refractivity contribution is 5.47. The summed E-state index contributed by atoms with van der Waals surface area (Å²) in [7, 11) is 0. The second-order valence-corrected chi connectivity index (χ2v) is 7.87. The van der Waals surface area contributed by atoms with E-state index in [4.69, 9.17) is 9.47 Å². The summed E-state index contributed by atoms with van der Waals surface area (Å²) in [6.45, 7) is 4.61. The molecule has 0 amide bonds. The molecule has 0 aliphatic heterocycles. The Morgan fingerprint density at radius 3 is 2.14 bits per heavy atom. The lowest BCUT2D eigenvalue weighted by atomic mass is 9.87. The van der Waals surface area contributed by atoms with Gasteiger partial charge in [0.25, 0.3) is 0 Å². The van der Waals surface area contributed by atoms with Crippen molar-refractivity contribution in [1.82, 2.24) is 0 Å². The van der Waals surface area contributed by atoms with Crippen molar-refractivity contribution in [2.45, 2.75) is 64.8 Å². The number of rotatable bonds is 11. The molecular weight excluding hydrogens is 346 g/mol. The summed E-state index contributed by atoms with van der Waals surface area (Å²) < 4.78 is 11.7. The molecule has 1 aliphatic carbocycles. The van der Waals surface area contributed by atoms with Crippen LogP contribution < -0.4 is 14.8 Å². The van der Waals surface area contributed by atoms with Crippen LogP contribution in [0, 0.1) is 5.92 Å². The summed E-state index contributed by atoms with van der Waals surface area (Å²) in [5.74, 6) is 2.79. The molecule has 152 valence electrons. The van der Waals surface area contributed by atoms with Crippen molar-refractivity contribution in [3.63, 3.8) is 0 Å². The molecule has 0 atom stereocenters. The summed E-state index contributed by atoms with van der Waals surface area (Å²) in [5.41, 5.74) is 2.36. The first-order valence-electron chi connectivity index (χ1n) is 11.0. The molecule has 3 heteroatoms. The molecule has 0 saturated heterocycles. The molecule has 0 heterocycles. The third-order valence-corrected chi connectivity index (χ3v) is 5.56. The van der Waals surface area contributed by atoms with Crippen molar-refractivity contribution < 1.29 is 9.47 Å². The second kappa shape index (κ2) is 11.6. The molecule has 2 aromatic rings. The smallest absolute Gasteiger partial charge is 0.119 e. The molecule has 0 radical (unpaired) electrons.